The van der Waals surface area contributed by atoms with Crippen LogP contribution in [0.25, 0.3) is 11.0 Å². The number of benzene rings is 2. The SMILES string of the molecule is CC(Cn1ccc2ncnc(Nc3ccc(Oc4cccc(C(F)(F)F)c4)c(Cl)c3)c21)NC(=O)CS(C)(=O)=O. The standard InChI is InChI=1S/C25H23ClF3N5O4S/c1-15(32-22(35)13-39(2,36)37)12-34-9-8-20-23(34)24(31-14-30-20)33-17-6-7-21(19(26)11-17)38-18-5-3-4-16(10-18)25(27,28)29/h3-11,14-15H,12-13H2,1-2H3,(H,32,35)(H,30,31,33). The lowest BCUT2D eigenvalue weighted by molar-refractivity contribution is -0.137. The number of amides is 1. The lowest BCUT2D eigenvalue weighted by atomic mass is 10.2. The molecule has 0 aliphatic rings. The topological polar surface area (TPSA) is 115 Å². The number of ether oxygens (including phenoxy) is 1. The first-order valence-corrected chi connectivity index (χ1v) is 13.9. The van der Waals surface area contributed by atoms with Gasteiger partial charge in [-0.25, -0.2) is 18.4 Å². The number of hydrogen-bond acceptors (Lipinski definition) is 7. The van der Waals surface area contributed by atoms with Crippen molar-refractivity contribution in [1.82, 2.24) is 19.9 Å². The summed E-state index contributed by atoms with van der Waals surface area (Å²) >= 11 is 6.36. The van der Waals surface area contributed by atoms with Gasteiger partial charge in [0.05, 0.1) is 16.1 Å². The van der Waals surface area contributed by atoms with Crippen LogP contribution in [0.4, 0.5) is 24.7 Å². The largest absolute Gasteiger partial charge is 0.456 e. The van der Waals surface area contributed by atoms with Crippen LogP contribution in [0.15, 0.2) is 61.1 Å². The number of fused-ring (bicyclic) bond motifs is 1. The molecule has 0 radical (unpaired) electrons. The van der Waals surface area contributed by atoms with E-state index in [0.29, 0.717) is 29.1 Å². The molecule has 1 amide bonds. The van der Waals surface area contributed by atoms with Crippen molar-refractivity contribution in [3.63, 3.8) is 0 Å². The summed E-state index contributed by atoms with van der Waals surface area (Å²) in [6.45, 7) is 2.05. The lowest BCUT2D eigenvalue weighted by Crippen LogP contribution is -2.38. The summed E-state index contributed by atoms with van der Waals surface area (Å²) in [7, 11) is -3.45. The number of nitrogens with one attached hydrogen (secondary N) is 2. The van der Waals surface area contributed by atoms with Crippen molar-refractivity contribution in [1.29, 1.82) is 0 Å². The highest BCUT2D eigenvalue weighted by molar-refractivity contribution is 7.91. The fourth-order valence-corrected chi connectivity index (χ4v) is 4.61. The average molecular weight is 582 g/mol. The predicted molar refractivity (Wildman–Crippen MR) is 141 cm³/mol. The van der Waals surface area contributed by atoms with Crippen LogP contribution >= 0.6 is 11.6 Å². The third-order valence-electron chi connectivity index (χ3n) is 5.41. The third-order valence-corrected chi connectivity index (χ3v) is 6.49. The molecule has 0 aliphatic heterocycles. The first-order valence-electron chi connectivity index (χ1n) is 11.5. The van der Waals surface area contributed by atoms with Crippen molar-refractivity contribution in [2.24, 2.45) is 0 Å². The van der Waals surface area contributed by atoms with Gasteiger partial charge in [0.25, 0.3) is 0 Å². The Bertz CT molecular complexity index is 1630. The Morgan fingerprint density at radius 3 is 2.62 bits per heavy atom. The van der Waals surface area contributed by atoms with Crippen LogP contribution in [0, 0.1) is 0 Å². The molecule has 39 heavy (non-hydrogen) atoms. The van der Waals surface area contributed by atoms with Gasteiger partial charge in [0.15, 0.2) is 15.7 Å². The molecule has 4 rings (SSSR count). The van der Waals surface area contributed by atoms with E-state index in [4.69, 9.17) is 16.3 Å². The molecule has 9 nitrogen and oxygen atoms in total. The highest BCUT2D eigenvalue weighted by atomic mass is 35.5. The summed E-state index contributed by atoms with van der Waals surface area (Å²) in [5.41, 5.74) is 0.938. The number of hydrogen-bond donors (Lipinski definition) is 2. The van der Waals surface area contributed by atoms with Gasteiger partial charge in [-0.05, 0) is 49.4 Å². The Hall–Kier alpha value is -3.84. The summed E-state index contributed by atoms with van der Waals surface area (Å²) < 4.78 is 69.1. The van der Waals surface area contributed by atoms with Gasteiger partial charge in [0.1, 0.15) is 29.1 Å². The Morgan fingerprint density at radius 2 is 1.92 bits per heavy atom. The molecule has 1 unspecified atom stereocenters. The van der Waals surface area contributed by atoms with Crippen LogP contribution in [0.3, 0.4) is 0 Å². The van der Waals surface area contributed by atoms with E-state index >= 15 is 0 Å². The number of anilines is 2. The zero-order chi connectivity index (χ0) is 28.4. The fraction of sp³-hybridized carbons (Fsp3) is 0.240. The molecule has 0 aliphatic carbocycles. The number of halogens is 4. The van der Waals surface area contributed by atoms with Crippen LogP contribution in [-0.2, 0) is 27.4 Å². The summed E-state index contributed by atoms with van der Waals surface area (Å²) in [5, 5.41) is 5.97. The maximum Gasteiger partial charge on any atom is 0.416 e. The van der Waals surface area contributed by atoms with Crippen molar-refractivity contribution in [2.75, 3.05) is 17.3 Å². The van der Waals surface area contributed by atoms with Crippen LogP contribution in [0.1, 0.15) is 12.5 Å². The Kier molecular flexibility index (Phi) is 8.02. The maximum atomic E-state index is 13.0. The van der Waals surface area contributed by atoms with Crippen LogP contribution in [-0.4, -0.2) is 46.9 Å². The molecule has 14 heteroatoms. The van der Waals surface area contributed by atoms with Crippen molar-refractivity contribution >= 4 is 49.9 Å². The van der Waals surface area contributed by atoms with Crippen molar-refractivity contribution in [3.05, 3.63) is 71.6 Å². The Balaban J connectivity index is 1.51. The molecule has 4 aromatic rings. The molecule has 206 valence electrons. The van der Waals surface area contributed by atoms with Crippen molar-refractivity contribution in [2.45, 2.75) is 25.7 Å². The monoisotopic (exact) mass is 581 g/mol. The van der Waals surface area contributed by atoms with Gasteiger partial charge >= 0.3 is 6.18 Å². The molecule has 2 aromatic heterocycles. The summed E-state index contributed by atoms with van der Waals surface area (Å²) in [6, 6.07) is 10.5. The molecule has 2 N–H and O–H groups in total. The number of carbonyl (C=O) groups excluding carboxylic acids is 1. The minimum absolute atomic E-state index is 0.0134. The first kappa shape index (κ1) is 28.2. The molecule has 0 saturated heterocycles. The molecular weight excluding hydrogens is 559 g/mol. The molecule has 2 aromatic carbocycles. The molecular formula is C25H23ClF3N5O4S. The van der Waals surface area contributed by atoms with Crippen LogP contribution in [0.5, 0.6) is 11.5 Å². The number of rotatable bonds is 9. The second kappa shape index (κ2) is 11.1. The van der Waals surface area contributed by atoms with Crippen LogP contribution in [0.2, 0.25) is 5.02 Å². The van der Waals surface area contributed by atoms with Gasteiger partial charge in [0.2, 0.25) is 5.91 Å². The van der Waals surface area contributed by atoms with Gasteiger partial charge in [-0.15, -0.1) is 0 Å². The normalized spacial score (nSPS) is 12.8. The minimum atomic E-state index is -4.50. The highest BCUT2D eigenvalue weighted by Gasteiger charge is 2.30. The Labute approximate surface area is 226 Å². The van der Waals surface area contributed by atoms with E-state index in [1.54, 1.807) is 31.3 Å². The number of sulfone groups is 1. The molecule has 0 fully saturated rings. The molecule has 0 bridgehead atoms. The zero-order valence-corrected chi connectivity index (χ0v) is 22.2. The number of nitrogens with zero attached hydrogens (tertiary/aromatic N) is 3. The molecule has 0 spiro atoms. The summed E-state index contributed by atoms with van der Waals surface area (Å²) in [4.78, 5) is 20.6. The van der Waals surface area contributed by atoms with E-state index in [9.17, 15) is 26.4 Å². The van der Waals surface area contributed by atoms with Gasteiger partial charge in [0, 0.05) is 30.7 Å². The Morgan fingerprint density at radius 1 is 1.15 bits per heavy atom. The van der Waals surface area contributed by atoms with Crippen LogP contribution < -0.4 is 15.4 Å². The minimum Gasteiger partial charge on any atom is -0.456 e. The second-order valence-corrected chi connectivity index (χ2v) is 11.4. The van der Waals surface area contributed by atoms with Crippen molar-refractivity contribution < 1.29 is 31.1 Å². The highest BCUT2D eigenvalue weighted by Crippen LogP contribution is 2.36. The second-order valence-electron chi connectivity index (χ2n) is 8.86. The van der Waals surface area contributed by atoms with E-state index in [1.807, 2.05) is 4.57 Å². The van der Waals surface area contributed by atoms with E-state index in [2.05, 4.69) is 20.6 Å². The summed E-state index contributed by atoms with van der Waals surface area (Å²) in [5.74, 6) is -0.620. The third kappa shape index (κ3) is 7.39. The molecule has 1 atom stereocenters. The zero-order valence-electron chi connectivity index (χ0n) is 20.7. The first-order chi connectivity index (χ1) is 18.3. The predicted octanol–water partition coefficient (Wildman–Crippen LogP) is 5.19. The van der Waals surface area contributed by atoms with E-state index in [1.165, 1.54) is 24.5 Å². The van der Waals surface area contributed by atoms with Gasteiger partial charge < -0.3 is 19.9 Å². The van der Waals surface area contributed by atoms with Gasteiger partial charge in [-0.3, -0.25) is 4.79 Å². The number of alkyl halides is 3. The number of carbonyl (C=O) groups is 1. The van der Waals surface area contributed by atoms with E-state index in [-0.39, 0.29) is 16.5 Å². The van der Waals surface area contributed by atoms with E-state index in [0.717, 1.165) is 18.4 Å². The quantitative estimate of drug-likeness (QED) is 0.279. The molecule has 2 heterocycles. The van der Waals surface area contributed by atoms with Gasteiger partial charge in [-0.1, -0.05) is 17.7 Å². The summed E-state index contributed by atoms with van der Waals surface area (Å²) in [6.07, 6.45) is -0.374. The van der Waals surface area contributed by atoms with Crippen molar-refractivity contribution in [3.8, 4) is 11.5 Å². The lowest BCUT2D eigenvalue weighted by Gasteiger charge is -2.17. The molecule has 0 saturated carbocycles. The fourth-order valence-electron chi connectivity index (χ4n) is 3.83. The average Bonchev–Trinajstić information content (AvgIpc) is 3.23. The van der Waals surface area contributed by atoms with E-state index < -0.39 is 39.3 Å². The number of aromatic nitrogens is 3. The smallest absolute Gasteiger partial charge is 0.416 e. The van der Waals surface area contributed by atoms with Gasteiger partial charge in [-0.2, -0.15) is 13.2 Å². The maximum absolute atomic E-state index is 13.0.